The maximum atomic E-state index is 5.81. The van der Waals surface area contributed by atoms with Crippen molar-refractivity contribution in [3.05, 3.63) is 59.4 Å². The molecule has 0 fully saturated rings. The van der Waals surface area contributed by atoms with Crippen molar-refractivity contribution in [3.63, 3.8) is 0 Å². The van der Waals surface area contributed by atoms with Crippen LogP contribution in [-0.4, -0.2) is 18.6 Å². The number of nitrogens with one attached hydrogen (secondary N) is 1. The standard InChI is InChI=1S/C17H20N2O/c1-18-16(9-8-14-6-2-3-11-19-14)15-7-4-5-13-10-12-20-17(13)15/h2-7,11,16,18H,8-10,12H2,1H3. The number of fused-ring (bicyclic) bond motifs is 1. The van der Waals surface area contributed by atoms with E-state index in [0.29, 0.717) is 6.04 Å². The van der Waals surface area contributed by atoms with Crippen LogP contribution in [0.1, 0.15) is 29.3 Å². The molecule has 0 radical (unpaired) electrons. The third-order valence-corrected chi connectivity index (χ3v) is 3.88. The first-order valence-corrected chi connectivity index (χ1v) is 7.20. The summed E-state index contributed by atoms with van der Waals surface area (Å²) in [6.45, 7) is 0.809. The number of para-hydroxylation sites is 1. The smallest absolute Gasteiger partial charge is 0.127 e. The summed E-state index contributed by atoms with van der Waals surface area (Å²) in [5.74, 6) is 1.09. The van der Waals surface area contributed by atoms with E-state index in [4.69, 9.17) is 4.74 Å². The minimum absolute atomic E-state index is 0.310. The Labute approximate surface area is 120 Å². The van der Waals surface area contributed by atoms with Gasteiger partial charge in [0.25, 0.3) is 0 Å². The lowest BCUT2D eigenvalue weighted by Crippen LogP contribution is -2.18. The normalized spacial score (nSPS) is 14.7. The predicted octanol–water partition coefficient (Wildman–Crippen LogP) is 2.91. The monoisotopic (exact) mass is 268 g/mol. The topological polar surface area (TPSA) is 34.2 Å². The molecule has 1 N–H and O–H groups in total. The Hall–Kier alpha value is -1.87. The molecule has 20 heavy (non-hydrogen) atoms. The van der Waals surface area contributed by atoms with Crippen molar-refractivity contribution in [3.8, 4) is 5.75 Å². The lowest BCUT2D eigenvalue weighted by Gasteiger charge is -2.19. The van der Waals surface area contributed by atoms with Crippen molar-refractivity contribution < 1.29 is 4.74 Å². The first-order valence-electron chi connectivity index (χ1n) is 7.20. The fourth-order valence-corrected chi connectivity index (χ4v) is 2.81. The molecule has 3 nitrogen and oxygen atoms in total. The molecule has 104 valence electrons. The van der Waals surface area contributed by atoms with E-state index in [1.54, 1.807) is 0 Å². The van der Waals surface area contributed by atoms with Gasteiger partial charge in [0.15, 0.2) is 0 Å². The summed E-state index contributed by atoms with van der Waals surface area (Å²) >= 11 is 0. The van der Waals surface area contributed by atoms with Gasteiger partial charge in [-0.2, -0.15) is 0 Å². The Morgan fingerprint density at radius 2 is 2.20 bits per heavy atom. The number of aryl methyl sites for hydroxylation is 1. The van der Waals surface area contributed by atoms with Gasteiger partial charge in [0.05, 0.1) is 6.61 Å². The van der Waals surface area contributed by atoms with Gasteiger partial charge < -0.3 is 10.1 Å². The fraction of sp³-hybridized carbons (Fsp3) is 0.353. The van der Waals surface area contributed by atoms with Gasteiger partial charge in [-0.15, -0.1) is 0 Å². The molecule has 0 saturated heterocycles. The molecule has 1 unspecified atom stereocenters. The Morgan fingerprint density at radius 1 is 1.25 bits per heavy atom. The highest BCUT2D eigenvalue weighted by atomic mass is 16.5. The third-order valence-electron chi connectivity index (χ3n) is 3.88. The molecule has 3 heteroatoms. The maximum Gasteiger partial charge on any atom is 0.127 e. The van der Waals surface area contributed by atoms with Crippen molar-refractivity contribution in [1.29, 1.82) is 0 Å². The summed E-state index contributed by atoms with van der Waals surface area (Å²) in [4.78, 5) is 4.39. The second-order valence-corrected chi connectivity index (χ2v) is 5.13. The summed E-state index contributed by atoms with van der Waals surface area (Å²) in [7, 11) is 2.01. The van der Waals surface area contributed by atoms with E-state index >= 15 is 0 Å². The minimum atomic E-state index is 0.310. The highest BCUT2D eigenvalue weighted by Crippen LogP contribution is 2.34. The van der Waals surface area contributed by atoms with E-state index in [2.05, 4.69) is 34.6 Å². The number of aromatic nitrogens is 1. The number of pyridine rings is 1. The second-order valence-electron chi connectivity index (χ2n) is 5.13. The van der Waals surface area contributed by atoms with Gasteiger partial charge in [-0.05, 0) is 37.6 Å². The third kappa shape index (κ3) is 2.68. The quantitative estimate of drug-likeness (QED) is 0.905. The lowest BCUT2D eigenvalue weighted by atomic mass is 9.97. The van der Waals surface area contributed by atoms with Crippen LogP contribution >= 0.6 is 0 Å². The van der Waals surface area contributed by atoms with Crippen LogP contribution in [0, 0.1) is 0 Å². The molecular weight excluding hydrogens is 248 g/mol. The predicted molar refractivity (Wildman–Crippen MR) is 80.0 cm³/mol. The Kier molecular flexibility index (Phi) is 3.97. The largest absolute Gasteiger partial charge is 0.493 e. The molecule has 0 saturated carbocycles. The van der Waals surface area contributed by atoms with Crippen molar-refractivity contribution in [2.45, 2.75) is 25.3 Å². The molecule has 2 aromatic rings. The van der Waals surface area contributed by atoms with Gasteiger partial charge in [-0.3, -0.25) is 4.98 Å². The molecule has 0 spiro atoms. The van der Waals surface area contributed by atoms with Gasteiger partial charge in [-0.25, -0.2) is 0 Å². The summed E-state index contributed by atoms with van der Waals surface area (Å²) in [5.41, 5.74) is 3.75. The summed E-state index contributed by atoms with van der Waals surface area (Å²) in [6.07, 6.45) is 4.87. The van der Waals surface area contributed by atoms with Crippen LogP contribution in [0.3, 0.4) is 0 Å². The van der Waals surface area contributed by atoms with E-state index in [9.17, 15) is 0 Å². The number of hydrogen-bond acceptors (Lipinski definition) is 3. The van der Waals surface area contributed by atoms with Crippen LogP contribution < -0.4 is 10.1 Å². The summed E-state index contributed by atoms with van der Waals surface area (Å²) in [6, 6.07) is 12.9. The van der Waals surface area contributed by atoms with Gasteiger partial charge in [-0.1, -0.05) is 24.3 Å². The Bertz CT molecular complexity index is 568. The first kappa shape index (κ1) is 13.1. The molecule has 2 heterocycles. The van der Waals surface area contributed by atoms with Gasteiger partial charge >= 0.3 is 0 Å². The first-order chi connectivity index (χ1) is 9.88. The van der Waals surface area contributed by atoms with Crippen LogP contribution in [-0.2, 0) is 12.8 Å². The van der Waals surface area contributed by atoms with Crippen LogP contribution in [0.5, 0.6) is 5.75 Å². The van der Waals surface area contributed by atoms with Crippen LogP contribution in [0.15, 0.2) is 42.6 Å². The number of ether oxygens (including phenoxy) is 1. The Balaban J connectivity index is 1.75. The summed E-state index contributed by atoms with van der Waals surface area (Å²) in [5, 5.41) is 3.41. The molecule has 0 amide bonds. The van der Waals surface area contributed by atoms with Crippen molar-refractivity contribution in [1.82, 2.24) is 10.3 Å². The van der Waals surface area contributed by atoms with E-state index < -0.39 is 0 Å². The average molecular weight is 268 g/mol. The van der Waals surface area contributed by atoms with Crippen LogP contribution in [0.4, 0.5) is 0 Å². The zero-order valence-electron chi connectivity index (χ0n) is 11.8. The number of nitrogens with zero attached hydrogens (tertiary/aromatic N) is 1. The lowest BCUT2D eigenvalue weighted by molar-refractivity contribution is 0.348. The average Bonchev–Trinajstić information content (AvgIpc) is 2.98. The van der Waals surface area contributed by atoms with Gasteiger partial charge in [0.2, 0.25) is 0 Å². The van der Waals surface area contributed by atoms with E-state index in [-0.39, 0.29) is 0 Å². The number of benzene rings is 1. The molecule has 3 rings (SSSR count). The Morgan fingerprint density at radius 3 is 3.00 bits per heavy atom. The van der Waals surface area contributed by atoms with Crippen molar-refractivity contribution in [2.75, 3.05) is 13.7 Å². The highest BCUT2D eigenvalue weighted by molar-refractivity contribution is 5.45. The number of rotatable bonds is 5. The van der Waals surface area contributed by atoms with Crippen LogP contribution in [0.25, 0.3) is 0 Å². The molecule has 1 atom stereocenters. The van der Waals surface area contributed by atoms with E-state index in [1.807, 2.05) is 25.4 Å². The van der Waals surface area contributed by atoms with Crippen molar-refractivity contribution in [2.24, 2.45) is 0 Å². The second kappa shape index (κ2) is 6.06. The molecule has 1 aliphatic heterocycles. The highest BCUT2D eigenvalue weighted by Gasteiger charge is 2.21. The molecular formula is C17H20N2O. The molecule has 0 bridgehead atoms. The minimum Gasteiger partial charge on any atom is -0.493 e. The summed E-state index contributed by atoms with van der Waals surface area (Å²) < 4.78 is 5.81. The molecule has 1 aromatic heterocycles. The van der Waals surface area contributed by atoms with E-state index in [0.717, 1.165) is 37.3 Å². The SMILES string of the molecule is CNC(CCc1ccccn1)c1cccc2c1OCC2. The van der Waals surface area contributed by atoms with Crippen molar-refractivity contribution >= 4 is 0 Å². The zero-order chi connectivity index (χ0) is 13.8. The molecule has 0 aliphatic carbocycles. The number of hydrogen-bond donors (Lipinski definition) is 1. The molecule has 1 aliphatic rings. The maximum absolute atomic E-state index is 5.81. The van der Waals surface area contributed by atoms with Gasteiger partial charge in [0, 0.05) is 29.9 Å². The zero-order valence-corrected chi connectivity index (χ0v) is 11.8. The van der Waals surface area contributed by atoms with E-state index in [1.165, 1.54) is 11.1 Å². The van der Waals surface area contributed by atoms with Crippen LogP contribution in [0.2, 0.25) is 0 Å². The van der Waals surface area contributed by atoms with Gasteiger partial charge in [0.1, 0.15) is 5.75 Å². The molecule has 1 aromatic carbocycles. The fourth-order valence-electron chi connectivity index (χ4n) is 2.81.